The van der Waals surface area contributed by atoms with E-state index >= 15 is 0 Å². The number of aryl methyl sites for hydroxylation is 1. The minimum absolute atomic E-state index is 0.403. The lowest BCUT2D eigenvalue weighted by Gasteiger charge is -2.36. The Labute approximate surface area is 111 Å². The van der Waals surface area contributed by atoms with E-state index < -0.39 is 16.5 Å². The highest BCUT2D eigenvalue weighted by molar-refractivity contribution is 7.79. The number of hydrogen-bond donors (Lipinski definition) is 1. The van der Waals surface area contributed by atoms with E-state index in [1.54, 1.807) is 0 Å². The Morgan fingerprint density at radius 2 is 1.72 bits per heavy atom. The number of likely N-dealkylation sites (N-methyl/N-ethyl adjacent to an activating group) is 1. The van der Waals surface area contributed by atoms with E-state index in [4.69, 9.17) is 0 Å². The predicted molar refractivity (Wildman–Crippen MR) is 73.8 cm³/mol. The van der Waals surface area contributed by atoms with E-state index in [0.717, 1.165) is 31.7 Å². The fourth-order valence-corrected chi connectivity index (χ4v) is 3.10. The van der Waals surface area contributed by atoms with Crippen molar-refractivity contribution in [3.63, 3.8) is 0 Å². The highest BCUT2D eigenvalue weighted by Crippen LogP contribution is 2.24. The van der Waals surface area contributed by atoms with Crippen LogP contribution in [-0.2, 0) is 11.1 Å². The van der Waals surface area contributed by atoms with E-state index in [1.165, 1.54) is 5.56 Å². The zero-order chi connectivity index (χ0) is 13.1. The molecule has 4 nitrogen and oxygen atoms in total. The number of piperazine rings is 1. The Kier molecular flexibility index (Phi) is 4.50. The van der Waals surface area contributed by atoms with Crippen LogP contribution < -0.4 is 0 Å². The van der Waals surface area contributed by atoms with Gasteiger partial charge in [0.1, 0.15) is 5.37 Å². The summed E-state index contributed by atoms with van der Waals surface area (Å²) in [5.74, 6) is 0. The van der Waals surface area contributed by atoms with Crippen molar-refractivity contribution in [3.8, 4) is 0 Å². The maximum atomic E-state index is 11.6. The minimum atomic E-state index is -1.86. The quantitative estimate of drug-likeness (QED) is 0.843. The van der Waals surface area contributed by atoms with E-state index in [-0.39, 0.29) is 0 Å². The maximum absolute atomic E-state index is 11.6. The molecule has 0 bridgehead atoms. The molecule has 2 rings (SSSR count). The van der Waals surface area contributed by atoms with E-state index in [9.17, 15) is 8.76 Å². The predicted octanol–water partition coefficient (Wildman–Crippen LogP) is 1.46. The molecule has 5 heteroatoms. The van der Waals surface area contributed by atoms with Gasteiger partial charge in [0, 0.05) is 26.2 Å². The lowest BCUT2D eigenvalue weighted by atomic mass is 10.1. The summed E-state index contributed by atoms with van der Waals surface area (Å²) >= 11 is -1.86. The molecule has 0 radical (unpaired) electrons. The molecular formula is C13H20N2O2S. The van der Waals surface area contributed by atoms with Crippen LogP contribution in [0.25, 0.3) is 0 Å². The molecule has 100 valence electrons. The van der Waals surface area contributed by atoms with Crippen molar-refractivity contribution in [2.45, 2.75) is 12.3 Å². The standard InChI is InChI=1S/C13H20N2O2S/c1-11-3-5-12(6-4-11)13(18(16)17)15-9-7-14(2)8-10-15/h3-6,13H,7-10H2,1-2H3,(H,16,17). The van der Waals surface area contributed by atoms with Gasteiger partial charge in [-0.05, 0) is 19.5 Å². The number of hydrogen-bond acceptors (Lipinski definition) is 3. The summed E-state index contributed by atoms with van der Waals surface area (Å²) in [6.07, 6.45) is 0. The Hall–Kier alpha value is -0.750. The van der Waals surface area contributed by atoms with Crippen LogP contribution in [0.3, 0.4) is 0 Å². The molecule has 0 aromatic heterocycles. The van der Waals surface area contributed by atoms with Crippen molar-refractivity contribution >= 4 is 11.1 Å². The van der Waals surface area contributed by atoms with Crippen LogP contribution >= 0.6 is 0 Å². The fraction of sp³-hybridized carbons (Fsp3) is 0.538. The van der Waals surface area contributed by atoms with Crippen LogP contribution in [0, 0.1) is 6.92 Å². The molecule has 0 amide bonds. The van der Waals surface area contributed by atoms with Gasteiger partial charge in [-0.3, -0.25) is 4.90 Å². The van der Waals surface area contributed by atoms with Gasteiger partial charge in [0.25, 0.3) is 0 Å². The molecule has 1 N–H and O–H groups in total. The third-order valence-corrected chi connectivity index (χ3v) is 4.38. The normalized spacial score (nSPS) is 21.7. The van der Waals surface area contributed by atoms with Crippen LogP contribution in [0.4, 0.5) is 0 Å². The number of benzene rings is 1. The van der Waals surface area contributed by atoms with Crippen molar-refractivity contribution in [1.82, 2.24) is 9.80 Å². The van der Waals surface area contributed by atoms with Crippen LogP contribution in [0.5, 0.6) is 0 Å². The first kappa shape index (κ1) is 13.7. The molecule has 0 aliphatic carbocycles. The van der Waals surface area contributed by atoms with Crippen LogP contribution in [0.15, 0.2) is 24.3 Å². The van der Waals surface area contributed by atoms with Gasteiger partial charge in [-0.1, -0.05) is 29.8 Å². The topological polar surface area (TPSA) is 43.8 Å². The van der Waals surface area contributed by atoms with Crippen molar-refractivity contribution in [1.29, 1.82) is 0 Å². The molecule has 2 unspecified atom stereocenters. The molecule has 2 atom stereocenters. The van der Waals surface area contributed by atoms with Gasteiger partial charge in [-0.25, -0.2) is 4.21 Å². The van der Waals surface area contributed by atoms with Crippen molar-refractivity contribution in [2.24, 2.45) is 0 Å². The Morgan fingerprint density at radius 1 is 1.17 bits per heavy atom. The zero-order valence-electron chi connectivity index (χ0n) is 10.9. The lowest BCUT2D eigenvalue weighted by Crippen LogP contribution is -2.46. The van der Waals surface area contributed by atoms with E-state index in [2.05, 4.69) is 16.8 Å². The first-order valence-corrected chi connectivity index (χ1v) is 7.34. The van der Waals surface area contributed by atoms with Crippen LogP contribution in [-0.4, -0.2) is 51.8 Å². The second-order valence-corrected chi connectivity index (χ2v) is 5.88. The molecule has 18 heavy (non-hydrogen) atoms. The SMILES string of the molecule is Cc1ccc(C(N2CCN(C)CC2)S(=O)O)cc1. The van der Waals surface area contributed by atoms with E-state index in [1.807, 2.05) is 31.2 Å². The van der Waals surface area contributed by atoms with Crippen molar-refractivity contribution in [2.75, 3.05) is 33.2 Å². The van der Waals surface area contributed by atoms with Gasteiger partial charge in [0.2, 0.25) is 0 Å². The Morgan fingerprint density at radius 3 is 2.22 bits per heavy atom. The first-order chi connectivity index (χ1) is 8.58. The monoisotopic (exact) mass is 268 g/mol. The van der Waals surface area contributed by atoms with Crippen molar-refractivity contribution in [3.05, 3.63) is 35.4 Å². The largest absolute Gasteiger partial charge is 0.305 e. The highest BCUT2D eigenvalue weighted by atomic mass is 32.2. The molecule has 1 fully saturated rings. The smallest absolute Gasteiger partial charge is 0.175 e. The molecule has 1 aliphatic heterocycles. The van der Waals surface area contributed by atoms with Gasteiger partial charge in [0.05, 0.1) is 0 Å². The third-order valence-electron chi connectivity index (χ3n) is 3.42. The molecule has 0 saturated carbocycles. The van der Waals surface area contributed by atoms with Gasteiger partial charge < -0.3 is 9.45 Å². The summed E-state index contributed by atoms with van der Waals surface area (Å²) in [5.41, 5.74) is 2.09. The van der Waals surface area contributed by atoms with Crippen LogP contribution in [0.1, 0.15) is 16.5 Å². The second kappa shape index (κ2) is 5.93. The average molecular weight is 268 g/mol. The summed E-state index contributed by atoms with van der Waals surface area (Å²) < 4.78 is 21.2. The third kappa shape index (κ3) is 3.17. The second-order valence-electron chi connectivity index (χ2n) is 4.88. The Balaban J connectivity index is 2.18. The minimum Gasteiger partial charge on any atom is -0.305 e. The number of nitrogens with zero attached hydrogens (tertiary/aromatic N) is 2. The molecule has 1 aromatic rings. The molecule has 0 spiro atoms. The fourth-order valence-electron chi connectivity index (χ4n) is 2.24. The van der Waals surface area contributed by atoms with Gasteiger partial charge in [0.15, 0.2) is 11.1 Å². The van der Waals surface area contributed by atoms with Crippen LogP contribution in [0.2, 0.25) is 0 Å². The highest BCUT2D eigenvalue weighted by Gasteiger charge is 2.27. The number of rotatable bonds is 3. The summed E-state index contributed by atoms with van der Waals surface area (Å²) in [5, 5.41) is -0.403. The van der Waals surface area contributed by atoms with Gasteiger partial charge in [-0.15, -0.1) is 0 Å². The summed E-state index contributed by atoms with van der Waals surface area (Å²) in [4.78, 5) is 4.34. The molecule has 1 saturated heterocycles. The Bertz CT molecular complexity index is 414. The average Bonchev–Trinajstić information content (AvgIpc) is 2.34. The summed E-state index contributed by atoms with van der Waals surface area (Å²) in [7, 11) is 2.08. The zero-order valence-corrected chi connectivity index (χ0v) is 11.7. The lowest BCUT2D eigenvalue weighted by molar-refractivity contribution is 0.140. The van der Waals surface area contributed by atoms with Crippen molar-refractivity contribution < 1.29 is 8.76 Å². The van der Waals surface area contributed by atoms with E-state index in [0.29, 0.717) is 0 Å². The molecule has 1 aromatic carbocycles. The first-order valence-electron chi connectivity index (χ1n) is 6.17. The van der Waals surface area contributed by atoms with Gasteiger partial charge in [-0.2, -0.15) is 0 Å². The molecule has 1 aliphatic rings. The molecular weight excluding hydrogens is 248 g/mol. The summed E-state index contributed by atoms with van der Waals surface area (Å²) in [6.45, 7) is 5.58. The van der Waals surface area contributed by atoms with Gasteiger partial charge >= 0.3 is 0 Å². The molecule has 1 heterocycles. The maximum Gasteiger partial charge on any atom is 0.175 e. The summed E-state index contributed by atoms with van der Waals surface area (Å²) in [6, 6.07) is 7.88.